The summed E-state index contributed by atoms with van der Waals surface area (Å²) in [5.74, 6) is -0.135. The van der Waals surface area contributed by atoms with E-state index >= 15 is 0 Å². The van der Waals surface area contributed by atoms with E-state index in [1.54, 1.807) is 37.4 Å². The van der Waals surface area contributed by atoms with Gasteiger partial charge in [0.1, 0.15) is 5.82 Å². The molecule has 1 aromatic heterocycles. The highest BCUT2D eigenvalue weighted by molar-refractivity contribution is 5.37. The second kappa shape index (κ2) is 4.77. The van der Waals surface area contributed by atoms with E-state index in [0.717, 1.165) is 0 Å². The lowest BCUT2D eigenvalue weighted by molar-refractivity contribution is 0.597. The smallest absolute Gasteiger partial charge is 0.257 e. The Morgan fingerprint density at radius 3 is 2.56 bits per heavy atom. The van der Waals surface area contributed by atoms with Crippen molar-refractivity contribution in [2.45, 2.75) is 26.7 Å². The van der Waals surface area contributed by atoms with E-state index in [9.17, 15) is 9.18 Å². The van der Waals surface area contributed by atoms with Gasteiger partial charge >= 0.3 is 0 Å². The lowest BCUT2D eigenvalue weighted by atomic mass is 10.0. The van der Waals surface area contributed by atoms with Gasteiger partial charge < -0.3 is 0 Å². The van der Waals surface area contributed by atoms with Crippen LogP contribution >= 0.6 is 0 Å². The quantitative estimate of drug-likeness (QED) is 0.794. The minimum Gasteiger partial charge on any atom is -0.284 e. The molecule has 0 fully saturated rings. The third-order valence-electron chi connectivity index (χ3n) is 3.02. The highest BCUT2D eigenvalue weighted by Gasteiger charge is 2.09. The highest BCUT2D eigenvalue weighted by atomic mass is 19.1. The summed E-state index contributed by atoms with van der Waals surface area (Å²) in [5, 5.41) is 0. The molecular formula is C15H16FNO. The van der Waals surface area contributed by atoms with Crippen molar-refractivity contribution in [3.05, 3.63) is 63.8 Å². The number of rotatable bonds is 2. The lowest BCUT2D eigenvalue weighted by Crippen LogP contribution is -2.19. The minimum absolute atomic E-state index is 0.116. The first-order valence-corrected chi connectivity index (χ1v) is 5.99. The summed E-state index contributed by atoms with van der Waals surface area (Å²) in [5.41, 5.74) is 1.75. The lowest BCUT2D eigenvalue weighted by Gasteiger charge is -2.11. The van der Waals surface area contributed by atoms with Crippen LogP contribution < -0.4 is 5.56 Å². The van der Waals surface area contributed by atoms with Gasteiger partial charge in [-0.1, -0.05) is 26.0 Å². The Hall–Kier alpha value is -1.90. The molecule has 0 saturated heterocycles. The van der Waals surface area contributed by atoms with Crippen LogP contribution in [0, 0.1) is 12.7 Å². The Labute approximate surface area is 106 Å². The molecule has 94 valence electrons. The molecule has 0 atom stereocenters. The van der Waals surface area contributed by atoms with Crippen molar-refractivity contribution >= 4 is 0 Å². The first kappa shape index (κ1) is 12.6. The highest BCUT2D eigenvalue weighted by Crippen LogP contribution is 2.20. The van der Waals surface area contributed by atoms with Gasteiger partial charge in [0, 0.05) is 11.8 Å². The molecule has 3 heteroatoms. The largest absolute Gasteiger partial charge is 0.284 e. The molecule has 0 spiro atoms. The van der Waals surface area contributed by atoms with Crippen molar-refractivity contribution in [1.29, 1.82) is 0 Å². The molecule has 0 N–H and O–H groups in total. The molecule has 0 amide bonds. The zero-order chi connectivity index (χ0) is 13.3. The molecule has 0 aliphatic carbocycles. The summed E-state index contributed by atoms with van der Waals surface area (Å²) >= 11 is 0. The fourth-order valence-electron chi connectivity index (χ4n) is 1.94. The molecule has 0 bridgehead atoms. The molecule has 0 aliphatic heterocycles. The minimum atomic E-state index is -0.268. The topological polar surface area (TPSA) is 22.0 Å². The summed E-state index contributed by atoms with van der Waals surface area (Å²) in [6.07, 6.45) is 1.65. The zero-order valence-electron chi connectivity index (χ0n) is 10.8. The second-order valence-electron chi connectivity index (χ2n) is 4.73. The Kier molecular flexibility index (Phi) is 3.32. The van der Waals surface area contributed by atoms with E-state index in [-0.39, 0.29) is 17.3 Å². The molecule has 1 heterocycles. The standard InChI is InChI=1S/C15H16FNO/c1-10(2)13-7-6-12(9-14(13)16)17-8-4-5-11(3)15(17)18/h4-10H,1-3H3. The molecule has 0 aliphatic rings. The van der Waals surface area contributed by atoms with Crippen LogP contribution in [0.2, 0.25) is 0 Å². The van der Waals surface area contributed by atoms with Crippen molar-refractivity contribution < 1.29 is 4.39 Å². The second-order valence-corrected chi connectivity index (χ2v) is 4.73. The zero-order valence-corrected chi connectivity index (χ0v) is 10.8. The van der Waals surface area contributed by atoms with Gasteiger partial charge in [-0.05, 0) is 36.6 Å². The van der Waals surface area contributed by atoms with Crippen molar-refractivity contribution in [2.24, 2.45) is 0 Å². The summed E-state index contributed by atoms with van der Waals surface area (Å²) in [7, 11) is 0. The number of pyridine rings is 1. The normalized spacial score (nSPS) is 10.9. The summed E-state index contributed by atoms with van der Waals surface area (Å²) in [6.45, 7) is 5.63. The SMILES string of the molecule is Cc1cccn(-c2ccc(C(C)C)c(F)c2)c1=O. The molecular weight excluding hydrogens is 229 g/mol. The van der Waals surface area contributed by atoms with E-state index in [2.05, 4.69) is 0 Å². The van der Waals surface area contributed by atoms with Crippen molar-refractivity contribution in [3.8, 4) is 5.69 Å². The van der Waals surface area contributed by atoms with Gasteiger partial charge in [0.05, 0.1) is 5.69 Å². The number of nitrogens with zero attached hydrogens (tertiary/aromatic N) is 1. The van der Waals surface area contributed by atoms with Crippen LogP contribution in [0.25, 0.3) is 5.69 Å². The van der Waals surface area contributed by atoms with Gasteiger partial charge in [-0.3, -0.25) is 9.36 Å². The van der Waals surface area contributed by atoms with E-state index in [4.69, 9.17) is 0 Å². The molecule has 1 aromatic carbocycles. The van der Waals surface area contributed by atoms with Gasteiger partial charge in [0.2, 0.25) is 0 Å². The van der Waals surface area contributed by atoms with E-state index in [0.29, 0.717) is 16.8 Å². The van der Waals surface area contributed by atoms with Gasteiger partial charge in [0.15, 0.2) is 0 Å². The van der Waals surface area contributed by atoms with E-state index in [1.165, 1.54) is 10.6 Å². The Morgan fingerprint density at radius 2 is 1.94 bits per heavy atom. The van der Waals surface area contributed by atoms with Crippen LogP contribution in [0.4, 0.5) is 4.39 Å². The number of hydrogen-bond acceptors (Lipinski definition) is 1. The van der Waals surface area contributed by atoms with Gasteiger partial charge in [-0.2, -0.15) is 0 Å². The Bertz CT molecular complexity index is 629. The summed E-state index contributed by atoms with van der Waals surface area (Å²) in [6, 6.07) is 8.46. The maximum Gasteiger partial charge on any atom is 0.257 e. The number of halogens is 1. The molecule has 2 nitrogen and oxygen atoms in total. The number of aromatic nitrogens is 1. The predicted octanol–water partition coefficient (Wildman–Crippen LogP) is 3.41. The molecule has 0 radical (unpaired) electrons. The third-order valence-corrected chi connectivity index (χ3v) is 3.02. The predicted molar refractivity (Wildman–Crippen MR) is 70.8 cm³/mol. The van der Waals surface area contributed by atoms with Crippen LogP contribution in [0.1, 0.15) is 30.9 Å². The van der Waals surface area contributed by atoms with Crippen LogP contribution in [0.5, 0.6) is 0 Å². The Balaban J connectivity index is 2.56. The molecule has 0 saturated carbocycles. The maximum absolute atomic E-state index is 13.9. The average molecular weight is 245 g/mol. The summed E-state index contributed by atoms with van der Waals surface area (Å²) in [4.78, 5) is 11.9. The van der Waals surface area contributed by atoms with E-state index in [1.807, 2.05) is 13.8 Å². The molecule has 2 aromatic rings. The molecule has 2 rings (SSSR count). The van der Waals surface area contributed by atoms with Gasteiger partial charge in [-0.25, -0.2) is 4.39 Å². The third kappa shape index (κ3) is 2.21. The fraction of sp³-hybridized carbons (Fsp3) is 0.267. The fourth-order valence-corrected chi connectivity index (χ4v) is 1.94. The molecule has 0 unspecified atom stereocenters. The van der Waals surface area contributed by atoms with Gasteiger partial charge in [-0.15, -0.1) is 0 Å². The first-order valence-electron chi connectivity index (χ1n) is 5.99. The van der Waals surface area contributed by atoms with Crippen molar-refractivity contribution in [1.82, 2.24) is 4.57 Å². The monoisotopic (exact) mass is 245 g/mol. The maximum atomic E-state index is 13.9. The number of hydrogen-bond donors (Lipinski definition) is 0. The van der Waals surface area contributed by atoms with E-state index < -0.39 is 0 Å². The van der Waals surface area contributed by atoms with Crippen LogP contribution in [0.3, 0.4) is 0 Å². The first-order chi connectivity index (χ1) is 8.50. The molecule has 18 heavy (non-hydrogen) atoms. The van der Waals surface area contributed by atoms with Crippen molar-refractivity contribution in [2.75, 3.05) is 0 Å². The number of benzene rings is 1. The average Bonchev–Trinajstić information content (AvgIpc) is 2.32. The van der Waals surface area contributed by atoms with Crippen LogP contribution in [-0.2, 0) is 0 Å². The summed E-state index contributed by atoms with van der Waals surface area (Å²) < 4.78 is 15.4. The number of aryl methyl sites for hydroxylation is 1. The van der Waals surface area contributed by atoms with Gasteiger partial charge in [0.25, 0.3) is 5.56 Å². The van der Waals surface area contributed by atoms with Crippen molar-refractivity contribution in [3.63, 3.8) is 0 Å². The Morgan fingerprint density at radius 1 is 1.22 bits per heavy atom. The van der Waals surface area contributed by atoms with Crippen LogP contribution in [-0.4, -0.2) is 4.57 Å². The van der Waals surface area contributed by atoms with Crippen LogP contribution in [0.15, 0.2) is 41.3 Å².